The summed E-state index contributed by atoms with van der Waals surface area (Å²) in [6.45, 7) is 1.99. The van der Waals surface area contributed by atoms with Gasteiger partial charge in [-0.25, -0.2) is 4.98 Å². The zero-order chi connectivity index (χ0) is 20.5. The lowest BCUT2D eigenvalue weighted by atomic mass is 10.1. The average Bonchev–Trinajstić information content (AvgIpc) is 3.11. The van der Waals surface area contributed by atoms with Gasteiger partial charge in [0.05, 0.1) is 10.6 Å². The van der Waals surface area contributed by atoms with Crippen molar-refractivity contribution in [3.8, 4) is 17.2 Å². The maximum Gasteiger partial charge on any atom is 0.312 e. The number of halogens is 1. The molecule has 4 rings (SSSR count). The molecular weight excluding hydrogens is 438 g/mol. The van der Waals surface area contributed by atoms with Gasteiger partial charge in [-0.3, -0.25) is 15.1 Å². The van der Waals surface area contributed by atoms with Crippen LogP contribution in [0.5, 0.6) is 5.75 Å². The van der Waals surface area contributed by atoms with Gasteiger partial charge in [0.1, 0.15) is 5.52 Å². The molecule has 0 unspecified atom stereocenters. The number of phenolic OH excluding ortho intramolecular Hbond substituents is 1. The number of nitro groups is 1. The summed E-state index contributed by atoms with van der Waals surface area (Å²) in [4.78, 5) is 19.3. The fraction of sp³-hybridized carbons (Fsp3) is 0.0476. The highest BCUT2D eigenvalue weighted by molar-refractivity contribution is 9.10. The molecule has 4 aromatic rings. The lowest BCUT2D eigenvalue weighted by Crippen LogP contribution is -1.92. The summed E-state index contributed by atoms with van der Waals surface area (Å²) in [7, 11) is 0. The summed E-state index contributed by atoms with van der Waals surface area (Å²) in [6.07, 6.45) is 1.37. The third-order valence-corrected chi connectivity index (χ3v) is 4.84. The van der Waals surface area contributed by atoms with Gasteiger partial charge < -0.3 is 9.52 Å². The Labute approximate surface area is 173 Å². The molecule has 0 atom stereocenters. The topological polar surface area (TPSA) is 102 Å². The summed E-state index contributed by atoms with van der Waals surface area (Å²) in [5.41, 5.74) is 3.65. The van der Waals surface area contributed by atoms with E-state index in [4.69, 9.17) is 4.42 Å². The number of aliphatic imine (C=N–C) groups is 1. The maximum absolute atomic E-state index is 11.1. The second-order valence-electron chi connectivity index (χ2n) is 6.36. The number of hydrogen-bond donors (Lipinski definition) is 1. The molecule has 0 spiro atoms. The van der Waals surface area contributed by atoms with Crippen LogP contribution in [0.4, 0.5) is 11.4 Å². The lowest BCUT2D eigenvalue weighted by molar-refractivity contribution is -0.385. The number of phenols is 1. The van der Waals surface area contributed by atoms with Gasteiger partial charge in [0, 0.05) is 27.9 Å². The molecule has 0 aliphatic carbocycles. The maximum atomic E-state index is 11.1. The first-order valence-electron chi connectivity index (χ1n) is 8.60. The molecule has 0 saturated carbocycles. The van der Waals surface area contributed by atoms with Gasteiger partial charge >= 0.3 is 5.69 Å². The molecule has 1 N–H and O–H groups in total. The molecule has 0 aliphatic rings. The predicted octanol–water partition coefficient (Wildman–Crippen LogP) is 5.93. The highest BCUT2D eigenvalue weighted by Gasteiger charge is 2.17. The number of hydrogen-bond acceptors (Lipinski definition) is 6. The van der Waals surface area contributed by atoms with Gasteiger partial charge in [-0.1, -0.05) is 34.1 Å². The number of oxazole rings is 1. The van der Waals surface area contributed by atoms with Crippen molar-refractivity contribution in [1.82, 2.24) is 4.98 Å². The number of aryl methyl sites for hydroxylation is 1. The van der Waals surface area contributed by atoms with Crippen LogP contribution in [0.2, 0.25) is 0 Å². The van der Waals surface area contributed by atoms with E-state index in [9.17, 15) is 15.2 Å². The number of benzene rings is 3. The molecule has 0 amide bonds. The van der Waals surface area contributed by atoms with Crippen LogP contribution in [0.15, 0.2) is 68.5 Å². The van der Waals surface area contributed by atoms with Crippen molar-refractivity contribution in [1.29, 1.82) is 0 Å². The van der Waals surface area contributed by atoms with Crippen LogP contribution in [-0.2, 0) is 0 Å². The van der Waals surface area contributed by atoms with Crippen molar-refractivity contribution >= 4 is 44.6 Å². The van der Waals surface area contributed by atoms with E-state index >= 15 is 0 Å². The monoisotopic (exact) mass is 451 g/mol. The van der Waals surface area contributed by atoms with Crippen molar-refractivity contribution in [3.63, 3.8) is 0 Å². The molecule has 0 fully saturated rings. The Morgan fingerprint density at radius 1 is 1.21 bits per heavy atom. The Balaban J connectivity index is 1.69. The fourth-order valence-corrected chi connectivity index (χ4v) is 3.37. The van der Waals surface area contributed by atoms with Crippen molar-refractivity contribution in [2.24, 2.45) is 4.99 Å². The van der Waals surface area contributed by atoms with Gasteiger partial charge in [0.25, 0.3) is 0 Å². The van der Waals surface area contributed by atoms with E-state index in [0.29, 0.717) is 27.2 Å². The number of aromatic hydroxyl groups is 1. The average molecular weight is 452 g/mol. The van der Waals surface area contributed by atoms with Gasteiger partial charge in [-0.2, -0.15) is 0 Å². The fourth-order valence-electron chi connectivity index (χ4n) is 2.91. The third-order valence-electron chi connectivity index (χ3n) is 4.38. The molecule has 7 nitrogen and oxygen atoms in total. The number of fused-ring (bicyclic) bond motifs is 1. The van der Waals surface area contributed by atoms with Crippen molar-refractivity contribution in [2.75, 3.05) is 0 Å². The van der Waals surface area contributed by atoms with E-state index in [0.717, 1.165) is 11.1 Å². The highest BCUT2D eigenvalue weighted by Crippen LogP contribution is 2.33. The molecule has 144 valence electrons. The van der Waals surface area contributed by atoms with Crippen LogP contribution in [0.1, 0.15) is 11.1 Å². The summed E-state index contributed by atoms with van der Waals surface area (Å²) >= 11 is 3.21. The molecular formula is C21H14BrN3O4. The number of rotatable bonds is 4. The third kappa shape index (κ3) is 3.74. The minimum absolute atomic E-state index is 0.229. The van der Waals surface area contributed by atoms with Crippen LogP contribution in [0.3, 0.4) is 0 Å². The van der Waals surface area contributed by atoms with Crippen LogP contribution >= 0.6 is 15.9 Å². The van der Waals surface area contributed by atoms with Gasteiger partial charge in [0.15, 0.2) is 5.58 Å². The first kappa shape index (κ1) is 18.8. The Kier molecular flexibility index (Phi) is 4.85. The second-order valence-corrected chi connectivity index (χ2v) is 7.28. The number of aromatic nitrogens is 1. The predicted molar refractivity (Wildman–Crippen MR) is 114 cm³/mol. The van der Waals surface area contributed by atoms with E-state index in [-0.39, 0.29) is 5.56 Å². The van der Waals surface area contributed by atoms with Crippen LogP contribution < -0.4 is 0 Å². The molecule has 0 aliphatic heterocycles. The zero-order valence-corrected chi connectivity index (χ0v) is 16.8. The van der Waals surface area contributed by atoms with Gasteiger partial charge in [-0.15, -0.1) is 0 Å². The Hall–Kier alpha value is -3.52. The molecule has 1 heterocycles. The normalized spacial score (nSPS) is 11.4. The molecule has 3 aromatic carbocycles. The Morgan fingerprint density at radius 2 is 2.00 bits per heavy atom. The first-order valence-corrected chi connectivity index (χ1v) is 9.39. The van der Waals surface area contributed by atoms with E-state index in [1.54, 1.807) is 24.3 Å². The number of nitrogens with zero attached hydrogens (tertiary/aromatic N) is 3. The highest BCUT2D eigenvalue weighted by atomic mass is 79.9. The quantitative estimate of drug-likeness (QED) is 0.235. The Morgan fingerprint density at radius 3 is 2.76 bits per heavy atom. The van der Waals surface area contributed by atoms with E-state index in [1.165, 1.54) is 12.3 Å². The second kappa shape index (κ2) is 7.48. The van der Waals surface area contributed by atoms with Crippen molar-refractivity contribution < 1.29 is 14.4 Å². The largest absolute Gasteiger partial charge is 0.502 e. The van der Waals surface area contributed by atoms with Crippen LogP contribution in [0, 0.1) is 17.0 Å². The lowest BCUT2D eigenvalue weighted by Gasteiger charge is -2.01. The molecule has 0 radical (unpaired) electrons. The van der Waals surface area contributed by atoms with Crippen molar-refractivity contribution in [2.45, 2.75) is 6.92 Å². The first-order chi connectivity index (χ1) is 13.9. The minimum atomic E-state index is -0.647. The summed E-state index contributed by atoms with van der Waals surface area (Å²) in [5.74, 6) is 0.0887. The molecule has 29 heavy (non-hydrogen) atoms. The number of nitro benzene ring substituents is 1. The summed E-state index contributed by atoms with van der Waals surface area (Å²) in [5, 5.41) is 21.2. The molecule has 1 aromatic heterocycles. The van der Waals surface area contributed by atoms with Crippen LogP contribution in [0.25, 0.3) is 22.6 Å². The standard InChI is InChI=1S/C21H14BrN3O4/c1-12-4-2-3-5-16(12)21-24-17-10-15(6-7-19(17)29-21)23-11-13-8-14(22)9-18(20(13)26)25(27)28/h2-11,26H,1H3. The summed E-state index contributed by atoms with van der Waals surface area (Å²) in [6, 6.07) is 15.9. The van der Waals surface area contributed by atoms with E-state index in [1.807, 2.05) is 31.2 Å². The summed E-state index contributed by atoms with van der Waals surface area (Å²) < 4.78 is 6.32. The van der Waals surface area contributed by atoms with Gasteiger partial charge in [-0.05, 0) is 42.8 Å². The minimum Gasteiger partial charge on any atom is -0.502 e. The van der Waals surface area contributed by atoms with E-state index < -0.39 is 16.4 Å². The zero-order valence-electron chi connectivity index (χ0n) is 15.2. The molecule has 0 bridgehead atoms. The Bertz CT molecular complexity index is 1280. The molecule has 0 saturated heterocycles. The van der Waals surface area contributed by atoms with Gasteiger partial charge in [0.2, 0.25) is 11.6 Å². The van der Waals surface area contributed by atoms with Crippen molar-refractivity contribution in [3.05, 3.63) is 80.3 Å². The smallest absolute Gasteiger partial charge is 0.312 e. The molecule has 8 heteroatoms. The van der Waals surface area contributed by atoms with E-state index in [2.05, 4.69) is 25.9 Å². The van der Waals surface area contributed by atoms with Crippen LogP contribution in [-0.4, -0.2) is 21.2 Å². The SMILES string of the molecule is Cc1ccccc1-c1nc2cc(N=Cc3cc(Br)cc([N+](=O)[O-])c3O)ccc2o1.